The number of carboxylic acids is 1. The van der Waals surface area contributed by atoms with Crippen molar-refractivity contribution < 1.29 is 24.2 Å². The van der Waals surface area contributed by atoms with Crippen molar-refractivity contribution in [3.05, 3.63) is 23.7 Å². The SMILES string of the molecule is Cc1ccc(CN(C)C(=O)N[C@H](C(=O)O)[C@@H](C)O)o1. The first kappa shape index (κ1) is 15.0. The first-order valence-electron chi connectivity index (χ1n) is 5.79. The van der Waals surface area contributed by atoms with Crippen LogP contribution in [0.3, 0.4) is 0 Å². The lowest BCUT2D eigenvalue weighted by Crippen LogP contribution is -2.51. The van der Waals surface area contributed by atoms with Crippen molar-refractivity contribution in [2.45, 2.75) is 32.5 Å². The molecule has 0 unspecified atom stereocenters. The molecule has 2 atom stereocenters. The molecule has 0 saturated heterocycles. The monoisotopic (exact) mass is 270 g/mol. The van der Waals surface area contributed by atoms with Crippen molar-refractivity contribution in [1.82, 2.24) is 10.2 Å². The number of aryl methyl sites for hydroxylation is 1. The maximum absolute atomic E-state index is 11.8. The predicted octanol–water partition coefficient (Wildman–Crippen LogP) is 0.563. The summed E-state index contributed by atoms with van der Waals surface area (Å²) in [5, 5.41) is 20.4. The molecular formula is C12H18N2O5. The zero-order valence-electron chi connectivity index (χ0n) is 11.1. The Morgan fingerprint density at radius 3 is 2.53 bits per heavy atom. The number of amides is 2. The van der Waals surface area contributed by atoms with Gasteiger partial charge in [0.25, 0.3) is 0 Å². The molecule has 1 rings (SSSR count). The lowest BCUT2D eigenvalue weighted by Gasteiger charge is -2.22. The normalized spacial score (nSPS) is 13.7. The summed E-state index contributed by atoms with van der Waals surface area (Å²) in [5.74, 6) is 0.0425. The Morgan fingerprint density at radius 2 is 2.11 bits per heavy atom. The van der Waals surface area contributed by atoms with E-state index < -0.39 is 24.1 Å². The van der Waals surface area contributed by atoms with E-state index in [1.54, 1.807) is 19.1 Å². The number of carbonyl (C=O) groups is 2. The van der Waals surface area contributed by atoms with E-state index in [0.29, 0.717) is 5.76 Å². The summed E-state index contributed by atoms with van der Waals surface area (Å²) in [6, 6.07) is 1.58. The van der Waals surface area contributed by atoms with Crippen molar-refractivity contribution in [1.29, 1.82) is 0 Å². The number of aliphatic hydroxyl groups is 1. The van der Waals surface area contributed by atoms with Crippen molar-refractivity contribution in [3.8, 4) is 0 Å². The van der Waals surface area contributed by atoms with Gasteiger partial charge in [0.2, 0.25) is 0 Å². The number of nitrogens with zero attached hydrogens (tertiary/aromatic N) is 1. The van der Waals surface area contributed by atoms with Crippen molar-refractivity contribution >= 4 is 12.0 Å². The van der Waals surface area contributed by atoms with Crippen LogP contribution >= 0.6 is 0 Å². The topological polar surface area (TPSA) is 103 Å². The lowest BCUT2D eigenvalue weighted by molar-refractivity contribution is -0.141. The van der Waals surface area contributed by atoms with Gasteiger partial charge in [0, 0.05) is 7.05 Å². The summed E-state index contributed by atoms with van der Waals surface area (Å²) in [6.45, 7) is 3.30. The Hall–Kier alpha value is -2.02. The van der Waals surface area contributed by atoms with Crippen molar-refractivity contribution in [2.24, 2.45) is 0 Å². The van der Waals surface area contributed by atoms with Gasteiger partial charge in [0.05, 0.1) is 12.6 Å². The Bertz CT molecular complexity index is 455. The molecule has 0 aliphatic carbocycles. The van der Waals surface area contributed by atoms with Crippen LogP contribution in [-0.2, 0) is 11.3 Å². The van der Waals surface area contributed by atoms with E-state index >= 15 is 0 Å². The molecule has 0 aliphatic rings. The van der Waals surface area contributed by atoms with E-state index in [4.69, 9.17) is 9.52 Å². The second-order valence-electron chi connectivity index (χ2n) is 4.37. The summed E-state index contributed by atoms with van der Waals surface area (Å²) in [6.07, 6.45) is -1.18. The molecule has 0 aromatic carbocycles. The molecule has 1 heterocycles. The van der Waals surface area contributed by atoms with E-state index in [9.17, 15) is 14.7 Å². The van der Waals surface area contributed by atoms with Gasteiger partial charge in [-0.3, -0.25) is 0 Å². The molecule has 0 fully saturated rings. The van der Waals surface area contributed by atoms with Crippen LogP contribution in [0.25, 0.3) is 0 Å². The second-order valence-corrected chi connectivity index (χ2v) is 4.37. The zero-order chi connectivity index (χ0) is 14.6. The number of nitrogens with one attached hydrogen (secondary N) is 1. The van der Waals surface area contributed by atoms with Crippen LogP contribution in [0.5, 0.6) is 0 Å². The van der Waals surface area contributed by atoms with Crippen LogP contribution < -0.4 is 5.32 Å². The molecule has 1 aromatic heterocycles. The van der Waals surface area contributed by atoms with Crippen LogP contribution in [0.15, 0.2) is 16.5 Å². The highest BCUT2D eigenvalue weighted by molar-refractivity contribution is 5.82. The van der Waals surface area contributed by atoms with Gasteiger partial charge in [-0.1, -0.05) is 0 Å². The third-order valence-electron chi connectivity index (χ3n) is 2.56. The van der Waals surface area contributed by atoms with Gasteiger partial charge in [-0.25, -0.2) is 9.59 Å². The number of hydrogen-bond acceptors (Lipinski definition) is 4. The number of aliphatic hydroxyl groups excluding tert-OH is 1. The smallest absolute Gasteiger partial charge is 0.328 e. The van der Waals surface area contributed by atoms with E-state index in [2.05, 4.69) is 5.32 Å². The molecule has 1 aromatic rings. The number of hydrogen-bond donors (Lipinski definition) is 3. The summed E-state index contributed by atoms with van der Waals surface area (Å²) in [5.41, 5.74) is 0. The maximum atomic E-state index is 11.8. The third kappa shape index (κ3) is 4.29. The van der Waals surface area contributed by atoms with E-state index in [0.717, 1.165) is 5.76 Å². The van der Waals surface area contributed by atoms with Crippen LogP contribution in [-0.4, -0.2) is 46.3 Å². The number of furan rings is 1. The lowest BCUT2D eigenvalue weighted by atomic mass is 10.2. The summed E-state index contributed by atoms with van der Waals surface area (Å²) < 4.78 is 5.32. The largest absolute Gasteiger partial charge is 0.480 e. The first-order valence-corrected chi connectivity index (χ1v) is 5.79. The number of aliphatic carboxylic acids is 1. The molecule has 106 valence electrons. The Kier molecular flexibility index (Phi) is 4.94. The molecule has 0 saturated carbocycles. The summed E-state index contributed by atoms with van der Waals surface area (Å²) in [4.78, 5) is 23.9. The van der Waals surface area contributed by atoms with Crippen LogP contribution in [0.2, 0.25) is 0 Å². The van der Waals surface area contributed by atoms with Gasteiger partial charge in [-0.2, -0.15) is 0 Å². The average molecular weight is 270 g/mol. The fourth-order valence-corrected chi connectivity index (χ4v) is 1.51. The van der Waals surface area contributed by atoms with E-state index in [1.807, 2.05) is 0 Å². The minimum Gasteiger partial charge on any atom is -0.480 e. The standard InChI is InChI=1S/C12H18N2O5/c1-7-4-5-9(19-7)6-14(3)12(18)13-10(8(2)15)11(16)17/h4-5,8,10,15H,6H2,1-3H3,(H,13,18)(H,16,17)/t8-,10+/m1/s1. The Labute approximate surface area is 110 Å². The first-order chi connectivity index (χ1) is 8.81. The van der Waals surface area contributed by atoms with Crippen LogP contribution in [0, 0.1) is 6.92 Å². The third-order valence-corrected chi connectivity index (χ3v) is 2.56. The molecule has 0 spiro atoms. The molecule has 2 amide bonds. The van der Waals surface area contributed by atoms with E-state index in [1.165, 1.54) is 18.9 Å². The van der Waals surface area contributed by atoms with Gasteiger partial charge in [0.15, 0.2) is 6.04 Å². The fraction of sp³-hybridized carbons (Fsp3) is 0.500. The van der Waals surface area contributed by atoms with Gasteiger partial charge in [-0.15, -0.1) is 0 Å². The quantitative estimate of drug-likeness (QED) is 0.725. The second kappa shape index (κ2) is 6.24. The van der Waals surface area contributed by atoms with Gasteiger partial charge < -0.3 is 24.8 Å². The number of carboxylic acid groups (broad SMARTS) is 1. The molecule has 7 heteroatoms. The van der Waals surface area contributed by atoms with Gasteiger partial charge in [-0.05, 0) is 26.0 Å². The maximum Gasteiger partial charge on any atom is 0.328 e. The van der Waals surface area contributed by atoms with Gasteiger partial charge in [0.1, 0.15) is 11.5 Å². The highest BCUT2D eigenvalue weighted by atomic mass is 16.4. The van der Waals surface area contributed by atoms with E-state index in [-0.39, 0.29) is 6.54 Å². The zero-order valence-corrected chi connectivity index (χ0v) is 11.1. The molecule has 7 nitrogen and oxygen atoms in total. The molecule has 3 N–H and O–H groups in total. The fourth-order valence-electron chi connectivity index (χ4n) is 1.51. The minimum absolute atomic E-state index is 0.214. The van der Waals surface area contributed by atoms with Crippen molar-refractivity contribution in [2.75, 3.05) is 7.05 Å². The number of carbonyl (C=O) groups excluding carboxylic acids is 1. The average Bonchev–Trinajstić information content (AvgIpc) is 2.70. The molecule has 0 radical (unpaired) electrons. The molecular weight excluding hydrogens is 252 g/mol. The van der Waals surface area contributed by atoms with Crippen LogP contribution in [0.4, 0.5) is 4.79 Å². The number of rotatable bonds is 5. The highest BCUT2D eigenvalue weighted by Gasteiger charge is 2.26. The highest BCUT2D eigenvalue weighted by Crippen LogP contribution is 2.08. The van der Waals surface area contributed by atoms with Crippen LogP contribution in [0.1, 0.15) is 18.4 Å². The molecule has 0 aliphatic heterocycles. The summed E-state index contributed by atoms with van der Waals surface area (Å²) >= 11 is 0. The Morgan fingerprint density at radius 1 is 1.47 bits per heavy atom. The van der Waals surface area contributed by atoms with Gasteiger partial charge >= 0.3 is 12.0 Å². The summed E-state index contributed by atoms with van der Waals surface area (Å²) in [7, 11) is 1.51. The minimum atomic E-state index is -1.34. The number of urea groups is 1. The van der Waals surface area contributed by atoms with Crippen molar-refractivity contribution in [3.63, 3.8) is 0 Å². The predicted molar refractivity (Wildman–Crippen MR) is 66.5 cm³/mol. The molecule has 19 heavy (non-hydrogen) atoms. The Balaban J connectivity index is 2.59. The molecule has 0 bridgehead atoms.